The van der Waals surface area contributed by atoms with E-state index < -0.39 is 11.7 Å². The summed E-state index contributed by atoms with van der Waals surface area (Å²) in [6.07, 6.45) is 7.09. The van der Waals surface area contributed by atoms with Gasteiger partial charge in [0.15, 0.2) is 0 Å². The molecule has 1 saturated heterocycles. The molecule has 0 radical (unpaired) electrons. The van der Waals surface area contributed by atoms with Gasteiger partial charge in [-0.3, -0.25) is 9.48 Å². The summed E-state index contributed by atoms with van der Waals surface area (Å²) in [5.74, 6) is -0.551. The number of likely N-dealkylation sites (tertiary alicyclic amines) is 1. The van der Waals surface area contributed by atoms with Crippen LogP contribution in [0.2, 0.25) is 5.02 Å². The lowest BCUT2D eigenvalue weighted by Gasteiger charge is -2.26. The maximum absolute atomic E-state index is 15.1. The number of halogens is 2. The van der Waals surface area contributed by atoms with Crippen molar-refractivity contribution in [2.45, 2.75) is 38.6 Å². The van der Waals surface area contributed by atoms with E-state index in [2.05, 4.69) is 10.00 Å². The van der Waals surface area contributed by atoms with Crippen molar-refractivity contribution in [1.29, 1.82) is 0 Å². The predicted octanol–water partition coefficient (Wildman–Crippen LogP) is 5.22. The number of fused-ring (bicyclic) bond motifs is 2. The maximum Gasteiger partial charge on any atom is 0.261 e. The molecule has 184 valence electrons. The minimum atomic E-state index is -0.588. The Hall–Kier alpha value is -2.90. The van der Waals surface area contributed by atoms with Gasteiger partial charge in [0.25, 0.3) is 5.91 Å². The summed E-state index contributed by atoms with van der Waals surface area (Å²) >= 11 is 6.25. The molecule has 35 heavy (non-hydrogen) atoms. The molecular weight excluding hydrogens is 467 g/mol. The zero-order valence-corrected chi connectivity index (χ0v) is 20.7. The summed E-state index contributed by atoms with van der Waals surface area (Å²) < 4.78 is 22.7. The highest BCUT2D eigenvalue weighted by Gasteiger charge is 2.28. The van der Waals surface area contributed by atoms with Crippen LogP contribution < -0.4 is 9.64 Å². The Kier molecular flexibility index (Phi) is 7.07. The Morgan fingerprint density at radius 1 is 1.11 bits per heavy atom. The van der Waals surface area contributed by atoms with Gasteiger partial charge in [-0.2, -0.15) is 5.10 Å². The Morgan fingerprint density at radius 3 is 2.74 bits per heavy atom. The third-order valence-electron chi connectivity index (χ3n) is 6.92. The summed E-state index contributed by atoms with van der Waals surface area (Å²) in [7, 11) is 1.88. The summed E-state index contributed by atoms with van der Waals surface area (Å²) in [5, 5.41) is 4.94. The highest BCUT2D eigenvalue weighted by atomic mass is 35.5. The van der Waals surface area contributed by atoms with Crippen LogP contribution in [0.3, 0.4) is 0 Å². The highest BCUT2D eigenvalue weighted by Crippen LogP contribution is 2.34. The summed E-state index contributed by atoms with van der Waals surface area (Å²) in [5.41, 5.74) is 3.59. The molecule has 1 aromatic heterocycles. The van der Waals surface area contributed by atoms with Crippen LogP contribution in [-0.4, -0.2) is 46.8 Å². The van der Waals surface area contributed by atoms with E-state index in [-0.39, 0.29) is 5.56 Å². The summed E-state index contributed by atoms with van der Waals surface area (Å²) in [4.78, 5) is 17.6. The van der Waals surface area contributed by atoms with Crippen LogP contribution in [0.4, 0.5) is 10.1 Å². The average molecular weight is 497 g/mol. The zero-order valence-electron chi connectivity index (χ0n) is 20.0. The molecule has 3 aromatic rings. The van der Waals surface area contributed by atoms with Gasteiger partial charge in [0, 0.05) is 48.0 Å². The second kappa shape index (κ2) is 10.4. The molecule has 0 unspecified atom stereocenters. The van der Waals surface area contributed by atoms with Gasteiger partial charge in [-0.25, -0.2) is 4.39 Å². The normalized spacial score (nSPS) is 15.9. The van der Waals surface area contributed by atoms with Gasteiger partial charge in [-0.15, -0.1) is 0 Å². The van der Waals surface area contributed by atoms with Crippen LogP contribution in [0.25, 0.3) is 0 Å². The van der Waals surface area contributed by atoms with E-state index in [0.717, 1.165) is 48.6 Å². The van der Waals surface area contributed by atoms with Crippen molar-refractivity contribution < 1.29 is 13.9 Å². The standard InChI is InChI=1S/C27H30ClFN4O2/c1-31-26-15-19-14-21(28)6-9-25(19)33(18-20(26)17-30-31)27(34)23-8-7-22(16-24(23)29)35-13-5-12-32-10-3-2-4-11-32/h6-9,14,16-17H,2-5,10-13,15,18H2,1H3. The van der Waals surface area contributed by atoms with Crippen LogP contribution in [0.1, 0.15) is 52.9 Å². The predicted molar refractivity (Wildman–Crippen MR) is 135 cm³/mol. The van der Waals surface area contributed by atoms with Crippen LogP contribution in [0, 0.1) is 5.82 Å². The van der Waals surface area contributed by atoms with Crippen LogP contribution in [0.15, 0.2) is 42.6 Å². The molecule has 8 heteroatoms. The fourth-order valence-corrected chi connectivity index (χ4v) is 5.20. The number of amides is 1. The molecule has 5 rings (SSSR count). The lowest BCUT2D eigenvalue weighted by atomic mass is 10.1. The molecule has 0 atom stereocenters. The molecule has 2 aromatic carbocycles. The third-order valence-corrected chi connectivity index (χ3v) is 7.15. The average Bonchev–Trinajstić information content (AvgIpc) is 3.10. The van der Waals surface area contributed by atoms with Gasteiger partial charge in [-0.05, 0) is 68.2 Å². The number of carbonyl (C=O) groups excluding carboxylic acids is 1. The van der Waals surface area contributed by atoms with Gasteiger partial charge >= 0.3 is 0 Å². The lowest BCUT2D eigenvalue weighted by molar-refractivity contribution is 0.0981. The number of piperidine rings is 1. The smallest absolute Gasteiger partial charge is 0.261 e. The highest BCUT2D eigenvalue weighted by molar-refractivity contribution is 6.30. The second-order valence-electron chi connectivity index (χ2n) is 9.33. The van der Waals surface area contributed by atoms with Gasteiger partial charge in [0.2, 0.25) is 0 Å². The van der Waals surface area contributed by atoms with E-state index in [4.69, 9.17) is 16.3 Å². The van der Waals surface area contributed by atoms with Crippen LogP contribution in [0.5, 0.6) is 5.75 Å². The topological polar surface area (TPSA) is 50.6 Å². The number of nitrogens with zero attached hydrogens (tertiary/aromatic N) is 4. The first-order valence-corrected chi connectivity index (χ1v) is 12.6. The molecule has 1 fully saturated rings. The van der Waals surface area contributed by atoms with E-state index >= 15 is 4.39 Å². The fraction of sp³-hybridized carbons (Fsp3) is 0.407. The van der Waals surface area contributed by atoms with Gasteiger partial charge in [0.05, 0.1) is 24.9 Å². The van der Waals surface area contributed by atoms with E-state index in [0.29, 0.717) is 30.3 Å². The number of ether oxygens (including phenoxy) is 1. The molecular formula is C27H30ClFN4O2. The van der Waals surface area contributed by atoms with E-state index in [1.54, 1.807) is 23.2 Å². The Labute approximate surface area is 210 Å². The first-order valence-electron chi connectivity index (χ1n) is 12.2. The zero-order chi connectivity index (χ0) is 24.4. The minimum Gasteiger partial charge on any atom is -0.493 e. The molecule has 0 aliphatic carbocycles. The molecule has 2 aliphatic heterocycles. The minimum absolute atomic E-state index is 0.0129. The van der Waals surface area contributed by atoms with E-state index in [1.165, 1.54) is 31.4 Å². The van der Waals surface area contributed by atoms with Gasteiger partial charge < -0.3 is 14.5 Å². The summed E-state index contributed by atoms with van der Waals surface area (Å²) in [6, 6.07) is 9.94. The van der Waals surface area contributed by atoms with Gasteiger partial charge in [-0.1, -0.05) is 18.0 Å². The molecule has 0 bridgehead atoms. The quantitative estimate of drug-likeness (QED) is 0.439. The Balaban J connectivity index is 1.31. The molecule has 0 saturated carbocycles. The first kappa shape index (κ1) is 23.8. The van der Waals surface area contributed by atoms with Crippen LogP contribution in [-0.2, 0) is 20.0 Å². The molecule has 1 amide bonds. The number of carbonyl (C=O) groups is 1. The Morgan fingerprint density at radius 2 is 1.94 bits per heavy atom. The Bertz CT molecular complexity index is 1220. The molecule has 0 N–H and O–H groups in total. The largest absolute Gasteiger partial charge is 0.493 e. The van der Waals surface area contributed by atoms with Crippen molar-refractivity contribution in [3.63, 3.8) is 0 Å². The molecule has 6 nitrogen and oxygen atoms in total. The molecule has 2 aliphatic rings. The number of aromatic nitrogens is 2. The number of hydrogen-bond acceptors (Lipinski definition) is 4. The van der Waals surface area contributed by atoms with Crippen molar-refractivity contribution in [2.75, 3.05) is 31.1 Å². The number of anilines is 1. The fourth-order valence-electron chi connectivity index (χ4n) is 5.01. The number of aryl methyl sites for hydroxylation is 1. The van der Waals surface area contributed by atoms with Crippen LogP contribution >= 0.6 is 11.6 Å². The van der Waals surface area contributed by atoms with Crippen molar-refractivity contribution in [2.24, 2.45) is 7.05 Å². The van der Waals surface area contributed by atoms with Crippen molar-refractivity contribution in [1.82, 2.24) is 14.7 Å². The van der Waals surface area contributed by atoms with Crippen molar-refractivity contribution >= 4 is 23.2 Å². The third kappa shape index (κ3) is 5.21. The second-order valence-corrected chi connectivity index (χ2v) is 9.76. The SMILES string of the molecule is Cn1ncc2c1Cc1cc(Cl)ccc1N(C(=O)c1ccc(OCCCN3CCCCC3)cc1F)C2. The van der Waals surface area contributed by atoms with Crippen molar-refractivity contribution in [3.8, 4) is 5.75 Å². The number of benzene rings is 2. The maximum atomic E-state index is 15.1. The molecule has 0 spiro atoms. The number of rotatable bonds is 6. The van der Waals surface area contributed by atoms with E-state index in [9.17, 15) is 4.79 Å². The monoisotopic (exact) mass is 496 g/mol. The first-order chi connectivity index (χ1) is 17.0. The number of hydrogen-bond donors (Lipinski definition) is 0. The van der Waals surface area contributed by atoms with Crippen molar-refractivity contribution in [3.05, 3.63) is 75.8 Å². The summed E-state index contributed by atoms with van der Waals surface area (Å²) in [6.45, 7) is 4.13. The van der Waals surface area contributed by atoms with E-state index in [1.807, 2.05) is 23.9 Å². The molecule has 3 heterocycles. The van der Waals surface area contributed by atoms with Gasteiger partial charge in [0.1, 0.15) is 11.6 Å². The lowest BCUT2D eigenvalue weighted by Crippen LogP contribution is -2.31.